The Balaban J connectivity index is 2.21. The molecule has 3 rings (SSSR count). The van der Waals surface area contributed by atoms with Crippen LogP contribution in [0, 0.1) is 0 Å². The zero-order chi connectivity index (χ0) is 25.2. The number of ether oxygens (including phenoxy) is 2. The number of rotatable bonds is 9. The van der Waals surface area contributed by atoms with E-state index in [0.717, 1.165) is 11.2 Å². The molecule has 2 aromatic rings. The van der Waals surface area contributed by atoms with Crippen LogP contribution in [0.15, 0.2) is 30.3 Å². The Hall–Kier alpha value is -3.73. The predicted molar refractivity (Wildman–Crippen MR) is 123 cm³/mol. The fourth-order valence-electron chi connectivity index (χ4n) is 3.86. The molecule has 1 atom stereocenters. The monoisotopic (exact) mass is 488 g/mol. The number of nitrogens with zero attached hydrogens (tertiary/aromatic N) is 1. The van der Waals surface area contributed by atoms with Crippen LogP contribution in [0.5, 0.6) is 11.5 Å². The van der Waals surface area contributed by atoms with Gasteiger partial charge in [0.15, 0.2) is 17.8 Å². The maximum Gasteiger partial charge on any atom is 0.264 e. The smallest absolute Gasteiger partial charge is 0.264 e. The largest absolute Gasteiger partial charge is 0.493 e. The number of amides is 3. The molecule has 0 fully saturated rings. The maximum absolute atomic E-state index is 13.5. The average molecular weight is 489 g/mol. The molecule has 0 saturated carbocycles. The molecule has 2 aromatic carbocycles. The Bertz CT molecular complexity index is 1290. The van der Waals surface area contributed by atoms with E-state index in [-0.39, 0.29) is 22.4 Å². The molecule has 1 aliphatic rings. The average Bonchev–Trinajstić information content (AvgIpc) is 3.02. The van der Waals surface area contributed by atoms with Gasteiger partial charge in [0.05, 0.1) is 42.3 Å². The van der Waals surface area contributed by atoms with Crippen molar-refractivity contribution in [3.05, 3.63) is 52.6 Å². The number of benzene rings is 2. The van der Waals surface area contributed by atoms with Crippen molar-refractivity contribution < 1.29 is 37.1 Å². The van der Waals surface area contributed by atoms with Gasteiger partial charge in [-0.2, -0.15) is 0 Å². The van der Waals surface area contributed by atoms with Crippen molar-refractivity contribution in [1.82, 2.24) is 4.90 Å². The van der Waals surface area contributed by atoms with Crippen LogP contribution < -0.4 is 14.8 Å². The Labute approximate surface area is 196 Å². The SMILES string of the molecule is CCOc1cc([C@@H](CS(C)(=O)=O)N2C(=O)c3c(C=O)ccc(NC(C)=O)c3C2=O)ccc1OC. The molecule has 10 nitrogen and oxygen atoms in total. The Morgan fingerprint density at radius 2 is 1.79 bits per heavy atom. The van der Waals surface area contributed by atoms with E-state index in [1.807, 2.05) is 0 Å². The fraction of sp³-hybridized carbons (Fsp3) is 0.304. The van der Waals surface area contributed by atoms with E-state index < -0.39 is 39.4 Å². The number of sulfone groups is 1. The molecule has 0 aliphatic carbocycles. The Morgan fingerprint density at radius 1 is 1.12 bits per heavy atom. The van der Waals surface area contributed by atoms with Gasteiger partial charge in [0.1, 0.15) is 9.84 Å². The summed E-state index contributed by atoms with van der Waals surface area (Å²) in [5.74, 6) is -2.01. The third kappa shape index (κ3) is 4.79. The number of fused-ring (bicyclic) bond motifs is 1. The van der Waals surface area contributed by atoms with E-state index >= 15 is 0 Å². The van der Waals surface area contributed by atoms with E-state index in [9.17, 15) is 27.6 Å². The molecule has 0 aromatic heterocycles. The third-order valence-corrected chi connectivity index (χ3v) is 6.11. The number of hydrogen-bond acceptors (Lipinski definition) is 8. The van der Waals surface area contributed by atoms with Crippen LogP contribution in [0.25, 0.3) is 0 Å². The molecule has 180 valence electrons. The van der Waals surface area contributed by atoms with Crippen LogP contribution >= 0.6 is 0 Å². The first-order valence-electron chi connectivity index (χ1n) is 10.3. The van der Waals surface area contributed by atoms with Gasteiger partial charge in [0, 0.05) is 18.7 Å². The number of methoxy groups -OCH3 is 1. The molecular formula is C23H24N2O8S. The summed E-state index contributed by atoms with van der Waals surface area (Å²) in [7, 11) is -2.24. The summed E-state index contributed by atoms with van der Waals surface area (Å²) in [6.45, 7) is 3.29. The number of imide groups is 1. The number of nitrogens with one attached hydrogen (secondary N) is 1. The van der Waals surface area contributed by atoms with Crippen LogP contribution in [0.4, 0.5) is 5.69 Å². The van der Waals surface area contributed by atoms with Crippen molar-refractivity contribution in [3.8, 4) is 11.5 Å². The highest BCUT2D eigenvalue weighted by atomic mass is 32.2. The predicted octanol–water partition coefficient (Wildman–Crippen LogP) is 2.25. The standard InChI is InChI=1S/C23H24N2O8S/c1-5-33-19-10-14(7-9-18(19)32-3)17(12-34(4,30)31)25-22(28)20-15(11-26)6-8-16(24-13(2)27)21(20)23(25)29/h6-11,17H,5,12H2,1-4H3,(H,24,27)/t17-/m1/s1. The summed E-state index contributed by atoms with van der Waals surface area (Å²) in [5.41, 5.74) is -0.0346. The van der Waals surface area contributed by atoms with Crippen molar-refractivity contribution in [2.75, 3.05) is 31.0 Å². The van der Waals surface area contributed by atoms with Crippen LogP contribution in [0.1, 0.15) is 56.5 Å². The summed E-state index contributed by atoms with van der Waals surface area (Å²) in [5, 5.41) is 2.49. The molecule has 0 radical (unpaired) electrons. The first kappa shape index (κ1) is 24.9. The maximum atomic E-state index is 13.5. The van der Waals surface area contributed by atoms with Crippen LogP contribution in [0.2, 0.25) is 0 Å². The van der Waals surface area contributed by atoms with Crippen molar-refractivity contribution in [2.45, 2.75) is 19.9 Å². The van der Waals surface area contributed by atoms with Gasteiger partial charge >= 0.3 is 0 Å². The highest BCUT2D eigenvalue weighted by Gasteiger charge is 2.44. The molecular weight excluding hydrogens is 464 g/mol. The van der Waals surface area contributed by atoms with Crippen molar-refractivity contribution in [1.29, 1.82) is 0 Å². The zero-order valence-electron chi connectivity index (χ0n) is 19.1. The van der Waals surface area contributed by atoms with Gasteiger partial charge in [-0.15, -0.1) is 0 Å². The summed E-state index contributed by atoms with van der Waals surface area (Å²) in [4.78, 5) is 51.0. The highest BCUT2D eigenvalue weighted by molar-refractivity contribution is 7.90. The van der Waals surface area contributed by atoms with E-state index in [2.05, 4.69) is 5.32 Å². The first-order chi connectivity index (χ1) is 16.0. The number of carbonyl (C=O) groups is 4. The van der Waals surface area contributed by atoms with E-state index in [1.54, 1.807) is 13.0 Å². The summed E-state index contributed by atoms with van der Waals surface area (Å²) >= 11 is 0. The van der Waals surface area contributed by atoms with Gasteiger partial charge in [-0.3, -0.25) is 24.1 Å². The van der Waals surface area contributed by atoms with Gasteiger partial charge in [-0.25, -0.2) is 8.42 Å². The van der Waals surface area contributed by atoms with Gasteiger partial charge < -0.3 is 14.8 Å². The van der Waals surface area contributed by atoms with Crippen LogP contribution in [0.3, 0.4) is 0 Å². The first-order valence-corrected chi connectivity index (χ1v) is 12.3. The highest BCUT2D eigenvalue weighted by Crippen LogP contribution is 2.39. The third-order valence-electron chi connectivity index (χ3n) is 5.19. The molecule has 34 heavy (non-hydrogen) atoms. The molecule has 1 heterocycles. The van der Waals surface area contributed by atoms with Crippen molar-refractivity contribution >= 4 is 39.5 Å². The summed E-state index contributed by atoms with van der Waals surface area (Å²) in [6, 6.07) is 6.04. The minimum absolute atomic E-state index is 0.0483. The number of aldehydes is 1. The normalized spacial score (nSPS) is 13.9. The lowest BCUT2D eigenvalue weighted by molar-refractivity contribution is -0.114. The molecule has 0 saturated heterocycles. The van der Waals surface area contributed by atoms with E-state index in [1.165, 1.54) is 38.3 Å². The lowest BCUT2D eigenvalue weighted by atomic mass is 10.0. The van der Waals surface area contributed by atoms with E-state index in [4.69, 9.17) is 9.47 Å². The van der Waals surface area contributed by atoms with E-state index in [0.29, 0.717) is 30.0 Å². The minimum Gasteiger partial charge on any atom is -0.493 e. The minimum atomic E-state index is -3.69. The Morgan fingerprint density at radius 3 is 2.35 bits per heavy atom. The van der Waals surface area contributed by atoms with Gasteiger partial charge in [-0.05, 0) is 36.8 Å². The fourth-order valence-corrected chi connectivity index (χ4v) is 4.77. The lowest BCUT2D eigenvalue weighted by Crippen LogP contribution is -2.38. The summed E-state index contributed by atoms with van der Waals surface area (Å²) < 4.78 is 35.5. The van der Waals surface area contributed by atoms with Crippen LogP contribution in [-0.2, 0) is 14.6 Å². The molecule has 1 aliphatic heterocycles. The molecule has 1 N–H and O–H groups in total. The topological polar surface area (TPSA) is 136 Å². The second kappa shape index (κ2) is 9.64. The van der Waals surface area contributed by atoms with Gasteiger partial charge in [-0.1, -0.05) is 6.07 Å². The molecule has 3 amide bonds. The zero-order valence-corrected chi connectivity index (χ0v) is 19.9. The molecule has 0 bridgehead atoms. The lowest BCUT2D eigenvalue weighted by Gasteiger charge is -2.27. The summed E-state index contributed by atoms with van der Waals surface area (Å²) in [6.07, 6.45) is 1.42. The number of hydrogen-bond donors (Lipinski definition) is 1. The molecule has 11 heteroatoms. The van der Waals surface area contributed by atoms with Gasteiger partial charge in [0.2, 0.25) is 5.91 Å². The van der Waals surface area contributed by atoms with Crippen LogP contribution in [-0.4, -0.2) is 63.1 Å². The van der Waals surface area contributed by atoms with Crippen molar-refractivity contribution in [2.24, 2.45) is 0 Å². The molecule has 0 unspecified atom stereocenters. The quantitative estimate of drug-likeness (QED) is 0.419. The second-order valence-corrected chi connectivity index (χ2v) is 9.87. The Kier molecular flexibility index (Phi) is 7.06. The van der Waals surface area contributed by atoms with Crippen molar-refractivity contribution in [3.63, 3.8) is 0 Å². The number of anilines is 1. The molecule has 0 spiro atoms. The van der Waals surface area contributed by atoms with Gasteiger partial charge in [0.25, 0.3) is 11.8 Å². The second-order valence-electron chi connectivity index (χ2n) is 7.68. The number of carbonyl (C=O) groups excluding carboxylic acids is 4.